The van der Waals surface area contributed by atoms with E-state index in [1.165, 1.54) is 6.42 Å². The molecule has 0 aliphatic heterocycles. The fourth-order valence-corrected chi connectivity index (χ4v) is 1.88. The molecule has 3 unspecified atom stereocenters. The van der Waals surface area contributed by atoms with E-state index in [9.17, 15) is 4.79 Å². The molecule has 64 valence electrons. The molecule has 0 bridgehead atoms. The molecule has 1 heteroatoms. The minimum Gasteiger partial charge on any atom is -0.300 e. The number of carbonyl (C=O) groups is 1. The minimum atomic E-state index is 0.439. The quantitative estimate of drug-likeness (QED) is 0.610. The molecule has 0 N–H and O–H groups in total. The Bertz CT molecular complexity index is 151. The predicted octanol–water partition coefficient (Wildman–Crippen LogP) is 2.65. The molecular formula is C10H18O. The molecule has 1 aliphatic carbocycles. The van der Waals surface area contributed by atoms with Crippen LogP contribution in [0.4, 0.5) is 0 Å². The summed E-state index contributed by atoms with van der Waals surface area (Å²) in [5, 5.41) is 0. The molecule has 0 aromatic carbocycles. The lowest BCUT2D eigenvalue weighted by molar-refractivity contribution is -0.121. The summed E-state index contributed by atoms with van der Waals surface area (Å²) in [4.78, 5) is 11.1. The van der Waals surface area contributed by atoms with Gasteiger partial charge in [0.25, 0.3) is 0 Å². The average Bonchev–Trinajstić information content (AvgIpc) is 2.03. The monoisotopic (exact) mass is 154 g/mol. The van der Waals surface area contributed by atoms with Crippen molar-refractivity contribution in [1.29, 1.82) is 0 Å². The van der Waals surface area contributed by atoms with Gasteiger partial charge < -0.3 is 0 Å². The van der Waals surface area contributed by atoms with Crippen LogP contribution < -0.4 is 0 Å². The van der Waals surface area contributed by atoms with Crippen LogP contribution in [0.3, 0.4) is 0 Å². The normalized spacial score (nSPS) is 36.5. The van der Waals surface area contributed by atoms with Gasteiger partial charge in [-0.15, -0.1) is 0 Å². The van der Waals surface area contributed by atoms with Gasteiger partial charge in [0.15, 0.2) is 0 Å². The summed E-state index contributed by atoms with van der Waals surface area (Å²) >= 11 is 0. The summed E-state index contributed by atoms with van der Waals surface area (Å²) in [5.41, 5.74) is 0. The Kier molecular flexibility index (Phi) is 2.69. The summed E-state index contributed by atoms with van der Waals surface area (Å²) in [6.45, 7) is 6.49. The molecular weight excluding hydrogens is 136 g/mol. The lowest BCUT2D eigenvalue weighted by atomic mass is 9.65. The molecule has 1 saturated carbocycles. The molecule has 0 saturated heterocycles. The lowest BCUT2D eigenvalue weighted by Gasteiger charge is -2.40. The van der Waals surface area contributed by atoms with E-state index in [1.54, 1.807) is 0 Å². The van der Waals surface area contributed by atoms with Crippen molar-refractivity contribution in [2.24, 2.45) is 17.8 Å². The number of Topliss-reactive ketones (excluding diaryl/α,β-unsaturated/α-hetero) is 1. The molecule has 0 spiro atoms. The standard InChI is InChI=1S/C10H18O/c1-4-10(11)6-9-5-7(2)8(9)3/h7-9H,4-6H2,1-3H3. The van der Waals surface area contributed by atoms with Crippen molar-refractivity contribution in [3.8, 4) is 0 Å². The van der Waals surface area contributed by atoms with Crippen molar-refractivity contribution in [3.05, 3.63) is 0 Å². The first-order chi connectivity index (χ1) is 5.15. The Balaban J connectivity index is 2.25. The third-order valence-electron chi connectivity index (χ3n) is 3.20. The van der Waals surface area contributed by atoms with Gasteiger partial charge in [-0.25, -0.2) is 0 Å². The zero-order valence-electron chi connectivity index (χ0n) is 7.76. The van der Waals surface area contributed by atoms with Crippen molar-refractivity contribution >= 4 is 5.78 Å². The van der Waals surface area contributed by atoms with Gasteiger partial charge >= 0.3 is 0 Å². The first kappa shape index (κ1) is 8.76. The SMILES string of the molecule is CCC(=O)CC1CC(C)C1C. The first-order valence-corrected chi connectivity index (χ1v) is 4.66. The van der Waals surface area contributed by atoms with E-state index in [-0.39, 0.29) is 0 Å². The van der Waals surface area contributed by atoms with Crippen molar-refractivity contribution in [3.63, 3.8) is 0 Å². The Hall–Kier alpha value is -0.330. The van der Waals surface area contributed by atoms with Gasteiger partial charge in [-0.2, -0.15) is 0 Å². The molecule has 0 amide bonds. The molecule has 0 heterocycles. The summed E-state index contributed by atoms with van der Waals surface area (Å²) in [5.74, 6) is 2.78. The molecule has 1 aliphatic rings. The van der Waals surface area contributed by atoms with Crippen molar-refractivity contribution < 1.29 is 4.79 Å². The van der Waals surface area contributed by atoms with E-state index in [0.29, 0.717) is 11.7 Å². The largest absolute Gasteiger partial charge is 0.300 e. The topological polar surface area (TPSA) is 17.1 Å². The zero-order valence-corrected chi connectivity index (χ0v) is 7.76. The fourth-order valence-electron chi connectivity index (χ4n) is 1.88. The summed E-state index contributed by atoms with van der Waals surface area (Å²) in [6, 6.07) is 0. The molecule has 1 fully saturated rings. The van der Waals surface area contributed by atoms with Crippen LogP contribution in [-0.2, 0) is 4.79 Å². The van der Waals surface area contributed by atoms with Crippen molar-refractivity contribution in [1.82, 2.24) is 0 Å². The maximum atomic E-state index is 11.1. The van der Waals surface area contributed by atoms with E-state index in [1.807, 2.05) is 6.92 Å². The van der Waals surface area contributed by atoms with Gasteiger partial charge in [-0.3, -0.25) is 4.79 Å². The second-order valence-corrected chi connectivity index (χ2v) is 3.93. The van der Waals surface area contributed by atoms with Gasteiger partial charge in [-0.1, -0.05) is 20.8 Å². The molecule has 0 radical (unpaired) electrons. The van der Waals surface area contributed by atoms with Crippen LogP contribution in [0.25, 0.3) is 0 Å². The second kappa shape index (κ2) is 3.38. The molecule has 3 atom stereocenters. The average molecular weight is 154 g/mol. The van der Waals surface area contributed by atoms with E-state index in [4.69, 9.17) is 0 Å². The fraction of sp³-hybridized carbons (Fsp3) is 0.900. The van der Waals surface area contributed by atoms with Gasteiger partial charge in [0, 0.05) is 12.8 Å². The summed E-state index contributed by atoms with van der Waals surface area (Å²) in [7, 11) is 0. The van der Waals surface area contributed by atoms with Crippen LogP contribution in [0, 0.1) is 17.8 Å². The van der Waals surface area contributed by atoms with E-state index in [2.05, 4.69) is 13.8 Å². The van der Waals surface area contributed by atoms with Gasteiger partial charge in [0.2, 0.25) is 0 Å². The zero-order chi connectivity index (χ0) is 8.43. The number of hydrogen-bond acceptors (Lipinski definition) is 1. The third-order valence-corrected chi connectivity index (χ3v) is 3.20. The Morgan fingerprint density at radius 1 is 1.45 bits per heavy atom. The van der Waals surface area contributed by atoms with E-state index in [0.717, 1.165) is 24.7 Å². The summed E-state index contributed by atoms with van der Waals surface area (Å²) < 4.78 is 0. The van der Waals surface area contributed by atoms with E-state index >= 15 is 0 Å². The van der Waals surface area contributed by atoms with Crippen LogP contribution in [0.1, 0.15) is 40.0 Å². The van der Waals surface area contributed by atoms with Crippen LogP contribution in [0.5, 0.6) is 0 Å². The molecule has 11 heavy (non-hydrogen) atoms. The number of carbonyl (C=O) groups excluding carboxylic acids is 1. The lowest BCUT2D eigenvalue weighted by Crippen LogP contribution is -2.33. The minimum absolute atomic E-state index is 0.439. The van der Waals surface area contributed by atoms with Crippen LogP contribution in [-0.4, -0.2) is 5.78 Å². The third kappa shape index (κ3) is 1.82. The highest BCUT2D eigenvalue weighted by Gasteiger charge is 2.34. The maximum absolute atomic E-state index is 11.1. The Labute approximate surface area is 69.2 Å². The second-order valence-electron chi connectivity index (χ2n) is 3.93. The first-order valence-electron chi connectivity index (χ1n) is 4.66. The van der Waals surface area contributed by atoms with Gasteiger partial charge in [0.05, 0.1) is 0 Å². The Morgan fingerprint density at radius 3 is 2.45 bits per heavy atom. The highest BCUT2D eigenvalue weighted by Crippen LogP contribution is 2.41. The highest BCUT2D eigenvalue weighted by atomic mass is 16.1. The highest BCUT2D eigenvalue weighted by molar-refractivity contribution is 5.78. The van der Waals surface area contributed by atoms with Gasteiger partial charge in [-0.05, 0) is 24.2 Å². The summed E-state index contributed by atoms with van der Waals surface area (Å²) in [6.07, 6.45) is 2.83. The van der Waals surface area contributed by atoms with Gasteiger partial charge in [0.1, 0.15) is 5.78 Å². The van der Waals surface area contributed by atoms with Crippen molar-refractivity contribution in [2.75, 3.05) is 0 Å². The van der Waals surface area contributed by atoms with Crippen LogP contribution in [0.2, 0.25) is 0 Å². The number of ketones is 1. The van der Waals surface area contributed by atoms with Crippen LogP contribution in [0.15, 0.2) is 0 Å². The molecule has 1 rings (SSSR count). The molecule has 1 nitrogen and oxygen atoms in total. The van der Waals surface area contributed by atoms with Crippen LogP contribution >= 0.6 is 0 Å². The number of rotatable bonds is 3. The van der Waals surface area contributed by atoms with E-state index < -0.39 is 0 Å². The number of hydrogen-bond donors (Lipinski definition) is 0. The maximum Gasteiger partial charge on any atom is 0.132 e. The molecule has 0 aromatic rings. The smallest absolute Gasteiger partial charge is 0.132 e. The predicted molar refractivity (Wildman–Crippen MR) is 46.4 cm³/mol. The van der Waals surface area contributed by atoms with Crippen molar-refractivity contribution in [2.45, 2.75) is 40.0 Å². The Morgan fingerprint density at radius 2 is 2.09 bits per heavy atom. The molecule has 0 aromatic heterocycles.